The number of aliphatic hydroxyl groups is 1. The smallest absolute Gasteiger partial charge is 0.137 e. The Morgan fingerprint density at radius 1 is 1.44 bits per heavy atom. The molecule has 0 spiro atoms. The third-order valence-electron chi connectivity index (χ3n) is 3.22. The van der Waals surface area contributed by atoms with Crippen molar-refractivity contribution in [3.63, 3.8) is 0 Å². The van der Waals surface area contributed by atoms with E-state index in [0.29, 0.717) is 13.2 Å². The number of fused-ring (bicyclic) bond motifs is 1. The lowest BCUT2D eigenvalue weighted by atomic mass is 9.90. The highest BCUT2D eigenvalue weighted by molar-refractivity contribution is 7.98. The predicted octanol–water partition coefficient (Wildman–Crippen LogP) is 1.58. The molecule has 0 radical (unpaired) electrons. The number of nitrogens with zero attached hydrogens (tertiary/aromatic N) is 2. The van der Waals surface area contributed by atoms with Crippen molar-refractivity contribution >= 4 is 17.4 Å². The first-order valence-corrected chi connectivity index (χ1v) is 7.16. The van der Waals surface area contributed by atoms with Crippen LogP contribution in [-0.2, 0) is 10.5 Å². The number of thioether (sulfide) groups is 1. The zero-order valence-corrected chi connectivity index (χ0v) is 10.9. The summed E-state index contributed by atoms with van der Waals surface area (Å²) in [5.74, 6) is 1.81. The lowest BCUT2D eigenvalue weighted by molar-refractivity contribution is -0.121. The maximum absolute atomic E-state index is 9.34. The molecule has 3 rings (SSSR count). The number of rotatable bonds is 5. The van der Waals surface area contributed by atoms with E-state index in [4.69, 9.17) is 4.74 Å². The topological polar surface area (TPSA) is 46.8 Å². The van der Waals surface area contributed by atoms with Crippen molar-refractivity contribution in [3.05, 3.63) is 36.3 Å². The van der Waals surface area contributed by atoms with E-state index < -0.39 is 0 Å². The highest BCUT2D eigenvalue weighted by atomic mass is 32.2. The van der Waals surface area contributed by atoms with E-state index in [0.717, 1.165) is 22.8 Å². The SMILES string of the molecule is OCC1(CSCc2cn3ccccc3n2)COC1. The molecule has 5 heteroatoms. The highest BCUT2D eigenvalue weighted by Crippen LogP contribution is 2.32. The van der Waals surface area contributed by atoms with Gasteiger partial charge in [0.1, 0.15) is 5.65 Å². The number of aromatic nitrogens is 2. The Bertz CT molecular complexity index is 498. The zero-order valence-electron chi connectivity index (χ0n) is 10.1. The molecular formula is C13H16N2O2S. The Hall–Kier alpha value is -1.04. The summed E-state index contributed by atoms with van der Waals surface area (Å²) in [4.78, 5) is 4.55. The molecule has 1 aliphatic rings. The van der Waals surface area contributed by atoms with E-state index in [9.17, 15) is 5.11 Å². The second-order valence-corrected chi connectivity index (χ2v) is 5.83. The van der Waals surface area contributed by atoms with Gasteiger partial charge in [0.15, 0.2) is 0 Å². The normalized spacial score (nSPS) is 17.8. The first-order chi connectivity index (χ1) is 8.81. The molecule has 0 saturated carbocycles. The molecule has 4 nitrogen and oxygen atoms in total. The van der Waals surface area contributed by atoms with E-state index in [2.05, 4.69) is 11.2 Å². The van der Waals surface area contributed by atoms with Gasteiger partial charge in [0.25, 0.3) is 0 Å². The van der Waals surface area contributed by atoms with Crippen LogP contribution >= 0.6 is 11.8 Å². The van der Waals surface area contributed by atoms with Gasteiger partial charge in [0.05, 0.1) is 25.5 Å². The second kappa shape index (κ2) is 4.91. The van der Waals surface area contributed by atoms with Gasteiger partial charge < -0.3 is 14.2 Å². The van der Waals surface area contributed by atoms with Gasteiger partial charge in [-0.05, 0) is 12.1 Å². The van der Waals surface area contributed by atoms with E-state index in [1.54, 1.807) is 0 Å². The molecule has 0 unspecified atom stereocenters. The molecule has 96 valence electrons. The van der Waals surface area contributed by atoms with Crippen LogP contribution in [0.1, 0.15) is 5.69 Å². The van der Waals surface area contributed by atoms with Crippen molar-refractivity contribution in [3.8, 4) is 0 Å². The van der Waals surface area contributed by atoms with E-state index in [1.807, 2.05) is 40.6 Å². The summed E-state index contributed by atoms with van der Waals surface area (Å²) >= 11 is 1.81. The van der Waals surface area contributed by atoms with Gasteiger partial charge in [0.2, 0.25) is 0 Å². The number of ether oxygens (including phenoxy) is 1. The van der Waals surface area contributed by atoms with Gasteiger partial charge in [-0.3, -0.25) is 0 Å². The van der Waals surface area contributed by atoms with Crippen LogP contribution in [0.15, 0.2) is 30.6 Å². The summed E-state index contributed by atoms with van der Waals surface area (Å²) in [6.45, 7) is 1.58. The highest BCUT2D eigenvalue weighted by Gasteiger charge is 2.37. The molecule has 0 atom stereocenters. The average molecular weight is 264 g/mol. The minimum atomic E-state index is -0.0101. The van der Waals surface area contributed by atoms with Gasteiger partial charge in [0, 0.05) is 29.3 Å². The third kappa shape index (κ3) is 2.25. The summed E-state index contributed by atoms with van der Waals surface area (Å²) in [5.41, 5.74) is 2.06. The fraction of sp³-hybridized carbons (Fsp3) is 0.462. The van der Waals surface area contributed by atoms with Crippen molar-refractivity contribution in [1.82, 2.24) is 9.38 Å². The predicted molar refractivity (Wildman–Crippen MR) is 71.7 cm³/mol. The van der Waals surface area contributed by atoms with Crippen molar-refractivity contribution in [2.45, 2.75) is 5.75 Å². The number of imidazole rings is 1. The van der Waals surface area contributed by atoms with Gasteiger partial charge in [-0.15, -0.1) is 0 Å². The summed E-state index contributed by atoms with van der Waals surface area (Å²) in [6, 6.07) is 5.99. The molecule has 0 bridgehead atoms. The molecular weight excluding hydrogens is 248 g/mol. The maximum atomic E-state index is 9.34. The third-order valence-corrected chi connectivity index (χ3v) is 4.54. The second-order valence-electron chi connectivity index (χ2n) is 4.84. The number of hydrogen-bond donors (Lipinski definition) is 1. The Kier molecular flexibility index (Phi) is 3.28. The zero-order chi connectivity index (χ0) is 12.4. The van der Waals surface area contributed by atoms with Crippen LogP contribution in [-0.4, -0.2) is 40.1 Å². The first kappa shape index (κ1) is 12.0. The van der Waals surface area contributed by atoms with Crippen molar-refractivity contribution in [1.29, 1.82) is 0 Å². The first-order valence-electron chi connectivity index (χ1n) is 6.00. The Labute approximate surface area is 110 Å². The Balaban J connectivity index is 1.59. The number of hydrogen-bond acceptors (Lipinski definition) is 4. The van der Waals surface area contributed by atoms with E-state index in [1.165, 1.54) is 0 Å². The largest absolute Gasteiger partial charge is 0.396 e. The average Bonchev–Trinajstić information content (AvgIpc) is 2.75. The van der Waals surface area contributed by atoms with Gasteiger partial charge in [-0.1, -0.05) is 6.07 Å². The minimum absolute atomic E-state index is 0.0101. The summed E-state index contributed by atoms with van der Waals surface area (Å²) < 4.78 is 7.22. The Morgan fingerprint density at radius 3 is 3.00 bits per heavy atom. The van der Waals surface area contributed by atoms with Crippen LogP contribution in [0.2, 0.25) is 0 Å². The van der Waals surface area contributed by atoms with Crippen molar-refractivity contribution < 1.29 is 9.84 Å². The van der Waals surface area contributed by atoms with Crippen molar-refractivity contribution in [2.24, 2.45) is 5.41 Å². The van der Waals surface area contributed by atoms with E-state index >= 15 is 0 Å². The van der Waals surface area contributed by atoms with E-state index in [-0.39, 0.29) is 12.0 Å². The lowest BCUT2D eigenvalue weighted by Crippen LogP contribution is -2.47. The fourth-order valence-electron chi connectivity index (χ4n) is 2.04. The maximum Gasteiger partial charge on any atom is 0.137 e. The molecule has 0 aromatic carbocycles. The van der Waals surface area contributed by atoms with Gasteiger partial charge >= 0.3 is 0 Å². The lowest BCUT2D eigenvalue weighted by Gasteiger charge is -2.39. The summed E-state index contributed by atoms with van der Waals surface area (Å²) in [7, 11) is 0. The molecule has 3 heterocycles. The Morgan fingerprint density at radius 2 is 2.33 bits per heavy atom. The van der Waals surface area contributed by atoms with Gasteiger partial charge in [-0.2, -0.15) is 11.8 Å². The van der Waals surface area contributed by atoms with Crippen LogP contribution < -0.4 is 0 Å². The molecule has 0 amide bonds. The summed E-state index contributed by atoms with van der Waals surface area (Å²) in [5, 5.41) is 9.34. The van der Waals surface area contributed by atoms with Crippen LogP contribution in [0.3, 0.4) is 0 Å². The van der Waals surface area contributed by atoms with Crippen LogP contribution in [0.4, 0.5) is 0 Å². The summed E-state index contributed by atoms with van der Waals surface area (Å²) in [6.07, 6.45) is 4.07. The number of pyridine rings is 1. The molecule has 1 aliphatic heterocycles. The quantitative estimate of drug-likeness (QED) is 0.890. The molecule has 2 aromatic heterocycles. The van der Waals surface area contributed by atoms with Crippen LogP contribution in [0, 0.1) is 5.41 Å². The van der Waals surface area contributed by atoms with Crippen LogP contribution in [0.5, 0.6) is 0 Å². The molecule has 1 saturated heterocycles. The molecule has 0 aliphatic carbocycles. The fourth-order valence-corrected chi connectivity index (χ4v) is 3.18. The number of aliphatic hydroxyl groups excluding tert-OH is 1. The van der Waals surface area contributed by atoms with Crippen LogP contribution in [0.25, 0.3) is 5.65 Å². The van der Waals surface area contributed by atoms with Crippen molar-refractivity contribution in [2.75, 3.05) is 25.6 Å². The minimum Gasteiger partial charge on any atom is -0.396 e. The molecule has 1 fully saturated rings. The van der Waals surface area contributed by atoms with Gasteiger partial charge in [-0.25, -0.2) is 4.98 Å². The molecule has 2 aromatic rings. The molecule has 1 N–H and O–H groups in total. The standard InChI is InChI=1S/C13H16N2O2S/c16-7-13(8-17-9-13)10-18-6-11-5-15-4-2-1-3-12(15)14-11/h1-5,16H,6-10H2. The monoisotopic (exact) mass is 264 g/mol. The molecule has 18 heavy (non-hydrogen) atoms.